The first-order valence-electron chi connectivity index (χ1n) is 7.06. The van der Waals surface area contributed by atoms with Crippen molar-refractivity contribution in [1.82, 2.24) is 9.55 Å². The number of nitrogens with two attached hydrogens (primary N) is 1. The zero-order chi connectivity index (χ0) is 14.8. The van der Waals surface area contributed by atoms with Crippen molar-refractivity contribution in [2.75, 3.05) is 12.3 Å². The number of rotatable bonds is 4. The zero-order valence-electron chi connectivity index (χ0n) is 12.3. The van der Waals surface area contributed by atoms with Crippen LogP contribution in [0.25, 0.3) is 11.0 Å². The Labute approximate surface area is 124 Å². The van der Waals surface area contributed by atoms with Crippen LogP contribution in [-0.4, -0.2) is 16.2 Å². The van der Waals surface area contributed by atoms with Crippen molar-refractivity contribution in [3.8, 4) is 5.75 Å². The minimum Gasteiger partial charge on any atom is -0.492 e. The van der Waals surface area contributed by atoms with Crippen LogP contribution in [0, 0.1) is 13.8 Å². The Morgan fingerprint density at radius 3 is 2.76 bits per heavy atom. The van der Waals surface area contributed by atoms with Gasteiger partial charge in [-0.15, -0.1) is 0 Å². The largest absolute Gasteiger partial charge is 0.492 e. The SMILES string of the molecule is Cc1cccc(OCCn2c(C)nc3c(N)cccc32)c1. The summed E-state index contributed by atoms with van der Waals surface area (Å²) >= 11 is 0. The summed E-state index contributed by atoms with van der Waals surface area (Å²) in [7, 11) is 0. The van der Waals surface area contributed by atoms with Gasteiger partial charge >= 0.3 is 0 Å². The fraction of sp³-hybridized carbons (Fsp3) is 0.235. The van der Waals surface area contributed by atoms with Crippen molar-refractivity contribution in [1.29, 1.82) is 0 Å². The van der Waals surface area contributed by atoms with Gasteiger partial charge in [-0.1, -0.05) is 18.2 Å². The van der Waals surface area contributed by atoms with Crippen LogP contribution in [0.1, 0.15) is 11.4 Å². The summed E-state index contributed by atoms with van der Waals surface area (Å²) in [5.74, 6) is 1.85. The lowest BCUT2D eigenvalue weighted by atomic mass is 10.2. The number of aryl methyl sites for hydroxylation is 2. The molecule has 4 nitrogen and oxygen atoms in total. The summed E-state index contributed by atoms with van der Waals surface area (Å²) in [6.07, 6.45) is 0. The van der Waals surface area contributed by atoms with Crippen molar-refractivity contribution < 1.29 is 4.74 Å². The molecule has 0 saturated heterocycles. The predicted molar refractivity (Wildman–Crippen MR) is 85.6 cm³/mol. The van der Waals surface area contributed by atoms with E-state index < -0.39 is 0 Å². The highest BCUT2D eigenvalue weighted by molar-refractivity contribution is 5.87. The Hall–Kier alpha value is -2.49. The quantitative estimate of drug-likeness (QED) is 0.746. The van der Waals surface area contributed by atoms with Crippen LogP contribution >= 0.6 is 0 Å². The molecule has 3 aromatic rings. The summed E-state index contributed by atoms with van der Waals surface area (Å²) in [5, 5.41) is 0. The van der Waals surface area contributed by atoms with Crippen LogP contribution in [0.4, 0.5) is 5.69 Å². The summed E-state index contributed by atoms with van der Waals surface area (Å²) in [4.78, 5) is 4.53. The number of anilines is 1. The Kier molecular flexibility index (Phi) is 3.52. The third-order valence-electron chi connectivity index (χ3n) is 3.57. The van der Waals surface area contributed by atoms with Gasteiger partial charge in [-0.05, 0) is 43.7 Å². The van der Waals surface area contributed by atoms with E-state index in [1.165, 1.54) is 5.56 Å². The molecule has 2 aromatic carbocycles. The maximum absolute atomic E-state index is 5.97. The highest BCUT2D eigenvalue weighted by atomic mass is 16.5. The number of hydrogen-bond donors (Lipinski definition) is 1. The van der Waals surface area contributed by atoms with Crippen LogP contribution < -0.4 is 10.5 Å². The molecule has 21 heavy (non-hydrogen) atoms. The van der Waals surface area contributed by atoms with Crippen molar-refractivity contribution >= 4 is 16.7 Å². The zero-order valence-corrected chi connectivity index (χ0v) is 12.3. The molecule has 0 saturated carbocycles. The Morgan fingerprint density at radius 2 is 1.95 bits per heavy atom. The number of aromatic nitrogens is 2. The molecule has 0 amide bonds. The smallest absolute Gasteiger partial charge is 0.119 e. The predicted octanol–water partition coefficient (Wildman–Crippen LogP) is 3.31. The Morgan fingerprint density at radius 1 is 1.14 bits per heavy atom. The van der Waals surface area contributed by atoms with E-state index in [-0.39, 0.29) is 0 Å². The number of ether oxygens (including phenoxy) is 1. The first-order chi connectivity index (χ1) is 10.1. The van der Waals surface area contributed by atoms with Crippen LogP contribution in [-0.2, 0) is 6.54 Å². The van der Waals surface area contributed by atoms with Crippen molar-refractivity contribution in [2.45, 2.75) is 20.4 Å². The summed E-state index contributed by atoms with van der Waals surface area (Å²) in [6.45, 7) is 5.40. The molecular formula is C17H19N3O. The lowest BCUT2D eigenvalue weighted by Crippen LogP contribution is -2.09. The average Bonchev–Trinajstić information content (AvgIpc) is 2.77. The highest BCUT2D eigenvalue weighted by Gasteiger charge is 2.09. The fourth-order valence-corrected chi connectivity index (χ4v) is 2.53. The van der Waals surface area contributed by atoms with E-state index >= 15 is 0 Å². The standard InChI is InChI=1S/C17H19N3O/c1-12-5-3-6-14(11-12)21-10-9-20-13(2)19-17-15(18)7-4-8-16(17)20/h3-8,11H,9-10,18H2,1-2H3. The number of fused-ring (bicyclic) bond motifs is 1. The normalized spacial score (nSPS) is 11.0. The van der Waals surface area contributed by atoms with Gasteiger partial charge in [-0.2, -0.15) is 0 Å². The Balaban J connectivity index is 1.76. The minimum absolute atomic E-state index is 0.602. The first-order valence-corrected chi connectivity index (χ1v) is 7.06. The van der Waals surface area contributed by atoms with Gasteiger partial charge in [0.25, 0.3) is 0 Å². The van der Waals surface area contributed by atoms with E-state index in [2.05, 4.69) is 22.5 Å². The van der Waals surface area contributed by atoms with Crippen LogP contribution in [0.15, 0.2) is 42.5 Å². The number of nitrogen functional groups attached to an aromatic ring is 1. The summed E-state index contributed by atoms with van der Waals surface area (Å²) in [6, 6.07) is 13.9. The molecule has 2 N–H and O–H groups in total. The summed E-state index contributed by atoms with van der Waals surface area (Å²) in [5.41, 5.74) is 9.81. The molecule has 108 valence electrons. The van der Waals surface area contributed by atoms with E-state index in [0.717, 1.165) is 29.2 Å². The van der Waals surface area contributed by atoms with Gasteiger partial charge in [0.2, 0.25) is 0 Å². The van der Waals surface area contributed by atoms with Gasteiger partial charge < -0.3 is 15.0 Å². The second-order valence-corrected chi connectivity index (χ2v) is 5.19. The van der Waals surface area contributed by atoms with Crippen molar-refractivity contribution in [2.24, 2.45) is 0 Å². The molecule has 0 radical (unpaired) electrons. The maximum Gasteiger partial charge on any atom is 0.119 e. The van der Waals surface area contributed by atoms with Crippen LogP contribution in [0.3, 0.4) is 0 Å². The highest BCUT2D eigenvalue weighted by Crippen LogP contribution is 2.21. The topological polar surface area (TPSA) is 53.1 Å². The van der Waals surface area contributed by atoms with Gasteiger partial charge in [0.05, 0.1) is 17.7 Å². The summed E-state index contributed by atoms with van der Waals surface area (Å²) < 4.78 is 7.95. The third kappa shape index (κ3) is 2.70. The monoisotopic (exact) mass is 281 g/mol. The van der Waals surface area contributed by atoms with Crippen molar-refractivity contribution in [3.05, 3.63) is 53.9 Å². The maximum atomic E-state index is 5.97. The van der Waals surface area contributed by atoms with Gasteiger partial charge in [0.1, 0.15) is 23.7 Å². The molecule has 0 fully saturated rings. The average molecular weight is 281 g/mol. The molecular weight excluding hydrogens is 262 g/mol. The molecule has 0 aliphatic heterocycles. The molecule has 1 aromatic heterocycles. The minimum atomic E-state index is 0.602. The molecule has 0 atom stereocenters. The molecule has 0 aliphatic carbocycles. The molecule has 1 heterocycles. The van der Waals surface area contributed by atoms with Crippen LogP contribution in [0.2, 0.25) is 0 Å². The van der Waals surface area contributed by atoms with Gasteiger partial charge in [-0.3, -0.25) is 0 Å². The number of imidazole rings is 1. The van der Waals surface area contributed by atoms with Crippen molar-refractivity contribution in [3.63, 3.8) is 0 Å². The van der Waals surface area contributed by atoms with E-state index in [1.54, 1.807) is 0 Å². The van der Waals surface area contributed by atoms with E-state index in [0.29, 0.717) is 12.3 Å². The van der Waals surface area contributed by atoms with E-state index in [1.807, 2.05) is 43.3 Å². The molecule has 0 spiro atoms. The molecule has 3 rings (SSSR count). The molecule has 4 heteroatoms. The lowest BCUT2D eigenvalue weighted by Gasteiger charge is -2.09. The lowest BCUT2D eigenvalue weighted by molar-refractivity contribution is 0.299. The number of hydrogen-bond acceptors (Lipinski definition) is 3. The first kappa shape index (κ1) is 13.5. The second-order valence-electron chi connectivity index (χ2n) is 5.19. The third-order valence-corrected chi connectivity index (χ3v) is 3.57. The fourth-order valence-electron chi connectivity index (χ4n) is 2.53. The number of nitrogens with zero attached hydrogens (tertiary/aromatic N) is 2. The Bertz CT molecular complexity index is 777. The number of para-hydroxylation sites is 1. The van der Waals surface area contributed by atoms with E-state index in [4.69, 9.17) is 10.5 Å². The molecule has 0 bridgehead atoms. The van der Waals surface area contributed by atoms with E-state index in [9.17, 15) is 0 Å². The van der Waals surface area contributed by atoms with Gasteiger partial charge in [-0.25, -0.2) is 4.98 Å². The van der Waals surface area contributed by atoms with Gasteiger partial charge in [0, 0.05) is 0 Å². The molecule has 0 aliphatic rings. The van der Waals surface area contributed by atoms with Gasteiger partial charge in [0.15, 0.2) is 0 Å². The molecule has 0 unspecified atom stereocenters. The van der Waals surface area contributed by atoms with Crippen LogP contribution in [0.5, 0.6) is 5.75 Å². The number of benzene rings is 2. The second kappa shape index (κ2) is 5.48.